The Balaban J connectivity index is 2.10. The fraction of sp³-hybridized carbons (Fsp3) is 0.500. The summed E-state index contributed by atoms with van der Waals surface area (Å²) < 4.78 is 7.07. The number of rotatable bonds is 2. The summed E-state index contributed by atoms with van der Waals surface area (Å²) in [7, 11) is 0. The van der Waals surface area contributed by atoms with E-state index in [0.717, 1.165) is 0 Å². The number of aromatic nitrogens is 3. The zero-order valence-electron chi connectivity index (χ0n) is 10.8. The fourth-order valence-electron chi connectivity index (χ4n) is 2.60. The van der Waals surface area contributed by atoms with Crippen LogP contribution in [0.2, 0.25) is 0 Å². The van der Waals surface area contributed by atoms with E-state index in [0.29, 0.717) is 17.0 Å². The maximum atomic E-state index is 10.5. The second kappa shape index (κ2) is 4.38. The molecule has 2 aromatic heterocycles. The van der Waals surface area contributed by atoms with Crippen LogP contribution in [0.4, 0.5) is 5.82 Å². The van der Waals surface area contributed by atoms with Crippen LogP contribution in [-0.2, 0) is 4.74 Å². The predicted molar refractivity (Wildman–Crippen MR) is 68.7 cm³/mol. The van der Waals surface area contributed by atoms with E-state index in [1.807, 2.05) is 0 Å². The van der Waals surface area contributed by atoms with E-state index in [2.05, 4.69) is 10.1 Å². The van der Waals surface area contributed by atoms with Crippen LogP contribution in [0.1, 0.15) is 18.7 Å². The van der Waals surface area contributed by atoms with E-state index < -0.39 is 23.9 Å². The highest BCUT2D eigenvalue weighted by Gasteiger charge is 2.53. The average Bonchev–Trinajstić information content (AvgIpc) is 2.92. The van der Waals surface area contributed by atoms with Crippen LogP contribution in [0.15, 0.2) is 18.5 Å². The van der Waals surface area contributed by atoms with Gasteiger partial charge in [-0.25, -0.2) is 9.50 Å². The second-order valence-corrected chi connectivity index (χ2v) is 5.11. The van der Waals surface area contributed by atoms with Crippen molar-refractivity contribution < 1.29 is 20.1 Å². The van der Waals surface area contributed by atoms with E-state index in [1.54, 1.807) is 12.1 Å². The second-order valence-electron chi connectivity index (χ2n) is 5.11. The summed E-state index contributed by atoms with van der Waals surface area (Å²) in [4.78, 5) is 3.88. The third kappa shape index (κ3) is 1.70. The number of ether oxygens (including phenoxy) is 1. The molecule has 1 fully saturated rings. The van der Waals surface area contributed by atoms with E-state index in [-0.39, 0.29) is 6.61 Å². The molecule has 1 aliphatic rings. The lowest BCUT2D eigenvalue weighted by Crippen LogP contribution is -2.43. The largest absolute Gasteiger partial charge is 0.394 e. The summed E-state index contributed by atoms with van der Waals surface area (Å²) in [6.45, 7) is 1.08. The van der Waals surface area contributed by atoms with Crippen molar-refractivity contribution in [3.8, 4) is 0 Å². The lowest BCUT2D eigenvalue weighted by Gasteiger charge is -2.26. The Hall–Kier alpha value is -1.74. The molecule has 3 heterocycles. The summed E-state index contributed by atoms with van der Waals surface area (Å²) in [5, 5.41) is 33.7. The van der Waals surface area contributed by atoms with Gasteiger partial charge in [-0.05, 0) is 19.1 Å². The lowest BCUT2D eigenvalue weighted by atomic mass is 9.91. The van der Waals surface area contributed by atoms with Gasteiger partial charge in [-0.2, -0.15) is 5.10 Å². The monoisotopic (exact) mass is 280 g/mol. The number of aliphatic hydroxyl groups is 3. The SMILES string of the molecule is C[C@@]1(O)[C@H](O)C(CO)O[C@H]1c1ccc2c(N)ncnn12. The molecule has 5 N–H and O–H groups in total. The van der Waals surface area contributed by atoms with E-state index >= 15 is 0 Å². The number of hydrogen-bond acceptors (Lipinski definition) is 7. The topological polar surface area (TPSA) is 126 Å². The lowest BCUT2D eigenvalue weighted by molar-refractivity contribution is -0.0664. The summed E-state index contributed by atoms with van der Waals surface area (Å²) in [6.07, 6.45) is -1.57. The van der Waals surface area contributed by atoms with Gasteiger partial charge < -0.3 is 25.8 Å². The highest BCUT2D eigenvalue weighted by molar-refractivity contribution is 5.65. The van der Waals surface area contributed by atoms with Gasteiger partial charge in [-0.3, -0.25) is 0 Å². The van der Waals surface area contributed by atoms with Crippen LogP contribution < -0.4 is 5.73 Å². The van der Waals surface area contributed by atoms with Crippen LogP contribution >= 0.6 is 0 Å². The molecule has 0 aliphatic carbocycles. The van der Waals surface area contributed by atoms with Gasteiger partial charge in [0.15, 0.2) is 5.82 Å². The molecule has 0 aromatic carbocycles. The molecule has 0 amide bonds. The number of fused-ring (bicyclic) bond motifs is 1. The molecule has 1 aliphatic heterocycles. The maximum Gasteiger partial charge on any atom is 0.151 e. The molecule has 4 atom stereocenters. The number of nitrogens with zero attached hydrogens (tertiary/aromatic N) is 3. The fourth-order valence-corrected chi connectivity index (χ4v) is 2.60. The third-order valence-corrected chi connectivity index (χ3v) is 3.75. The predicted octanol–water partition coefficient (Wildman–Crippen LogP) is -1.14. The number of nitrogen functional groups attached to an aromatic ring is 1. The van der Waals surface area contributed by atoms with Crippen molar-refractivity contribution in [2.75, 3.05) is 12.3 Å². The molecule has 1 unspecified atom stereocenters. The van der Waals surface area contributed by atoms with Gasteiger partial charge in [0, 0.05) is 0 Å². The summed E-state index contributed by atoms with van der Waals surface area (Å²) in [6, 6.07) is 3.41. The normalized spacial score (nSPS) is 33.9. The standard InChI is InChI=1S/C12H16N4O4/c1-12(19)9(18)8(4-17)20-10(12)6-2-3-7-11(13)14-5-15-16(6)7/h2-3,5,8-10,17-19H,4H2,1H3,(H2,13,14,15)/t8?,9-,10+,12-/m1/s1. The number of nitrogens with two attached hydrogens (primary N) is 1. The average molecular weight is 280 g/mol. The van der Waals surface area contributed by atoms with Crippen molar-refractivity contribution in [1.82, 2.24) is 14.6 Å². The Labute approximate surface area is 114 Å². The summed E-state index contributed by atoms with van der Waals surface area (Å²) >= 11 is 0. The first-order valence-electron chi connectivity index (χ1n) is 6.21. The van der Waals surface area contributed by atoms with Gasteiger partial charge in [0.05, 0.1) is 12.3 Å². The van der Waals surface area contributed by atoms with Crippen LogP contribution in [0.5, 0.6) is 0 Å². The molecule has 2 aromatic rings. The minimum absolute atomic E-state index is 0.308. The molecule has 0 spiro atoms. The molecule has 1 saturated heterocycles. The smallest absolute Gasteiger partial charge is 0.151 e. The van der Waals surface area contributed by atoms with Crippen molar-refractivity contribution in [1.29, 1.82) is 0 Å². The zero-order chi connectivity index (χ0) is 14.5. The Morgan fingerprint density at radius 2 is 2.25 bits per heavy atom. The molecule has 0 bridgehead atoms. The summed E-state index contributed by atoms with van der Waals surface area (Å²) in [5.74, 6) is 0.308. The van der Waals surface area contributed by atoms with Gasteiger partial charge in [0.25, 0.3) is 0 Å². The molecule has 20 heavy (non-hydrogen) atoms. The van der Waals surface area contributed by atoms with Gasteiger partial charge in [-0.15, -0.1) is 0 Å². The molecule has 108 valence electrons. The van der Waals surface area contributed by atoms with Gasteiger partial charge in [0.1, 0.15) is 35.8 Å². The first-order valence-corrected chi connectivity index (χ1v) is 6.21. The molecule has 8 heteroatoms. The van der Waals surface area contributed by atoms with Crippen molar-refractivity contribution >= 4 is 11.3 Å². The molecule has 8 nitrogen and oxygen atoms in total. The number of anilines is 1. The Bertz CT molecular complexity index is 641. The first kappa shape index (κ1) is 13.3. The molecule has 0 saturated carbocycles. The van der Waals surface area contributed by atoms with Gasteiger partial charge >= 0.3 is 0 Å². The number of aliphatic hydroxyl groups excluding tert-OH is 2. The van der Waals surface area contributed by atoms with Crippen LogP contribution in [0.25, 0.3) is 5.52 Å². The van der Waals surface area contributed by atoms with Crippen LogP contribution in [-0.4, -0.2) is 54.3 Å². The van der Waals surface area contributed by atoms with E-state index in [9.17, 15) is 15.3 Å². The summed E-state index contributed by atoms with van der Waals surface area (Å²) in [5.41, 5.74) is 5.33. The Morgan fingerprint density at radius 1 is 1.50 bits per heavy atom. The minimum Gasteiger partial charge on any atom is -0.394 e. The number of hydrogen-bond donors (Lipinski definition) is 4. The molecular weight excluding hydrogens is 264 g/mol. The quantitative estimate of drug-likeness (QED) is 0.547. The highest BCUT2D eigenvalue weighted by Crippen LogP contribution is 2.41. The molecule has 3 rings (SSSR count). The van der Waals surface area contributed by atoms with Crippen molar-refractivity contribution in [3.63, 3.8) is 0 Å². The van der Waals surface area contributed by atoms with Crippen LogP contribution in [0.3, 0.4) is 0 Å². The maximum absolute atomic E-state index is 10.5. The van der Waals surface area contributed by atoms with Crippen molar-refractivity contribution in [2.45, 2.75) is 30.8 Å². The minimum atomic E-state index is -1.54. The molecular formula is C12H16N4O4. The van der Waals surface area contributed by atoms with E-state index in [4.69, 9.17) is 10.5 Å². The highest BCUT2D eigenvalue weighted by atomic mass is 16.6. The van der Waals surface area contributed by atoms with E-state index in [1.165, 1.54) is 17.8 Å². The van der Waals surface area contributed by atoms with Gasteiger partial charge in [0.2, 0.25) is 0 Å². The Morgan fingerprint density at radius 3 is 2.90 bits per heavy atom. The first-order chi connectivity index (χ1) is 9.46. The molecule has 0 radical (unpaired) electrons. The third-order valence-electron chi connectivity index (χ3n) is 3.75. The zero-order valence-corrected chi connectivity index (χ0v) is 10.8. The van der Waals surface area contributed by atoms with Crippen molar-refractivity contribution in [2.24, 2.45) is 0 Å². The van der Waals surface area contributed by atoms with Crippen molar-refractivity contribution in [3.05, 3.63) is 24.2 Å². The Kier molecular flexibility index (Phi) is 2.91. The van der Waals surface area contributed by atoms with Crippen LogP contribution in [0, 0.1) is 0 Å². The van der Waals surface area contributed by atoms with Gasteiger partial charge in [-0.1, -0.05) is 0 Å².